The van der Waals surface area contributed by atoms with Crippen molar-refractivity contribution in [3.63, 3.8) is 0 Å². The Morgan fingerprint density at radius 3 is 2.35 bits per heavy atom. The molecule has 0 aliphatic heterocycles. The van der Waals surface area contributed by atoms with Gasteiger partial charge in [0.15, 0.2) is 0 Å². The Bertz CT molecular complexity index is 827. The van der Waals surface area contributed by atoms with Crippen molar-refractivity contribution >= 4 is 17.5 Å². The van der Waals surface area contributed by atoms with Gasteiger partial charge in [-0.3, -0.25) is 19.2 Å². The second-order valence-electron chi connectivity index (χ2n) is 6.19. The molecule has 0 radical (unpaired) electrons. The zero-order valence-electron chi connectivity index (χ0n) is 14.5. The van der Waals surface area contributed by atoms with Crippen molar-refractivity contribution in [3.8, 4) is 0 Å². The average Bonchev–Trinajstić information content (AvgIpc) is 2.63. The fourth-order valence-electron chi connectivity index (χ4n) is 2.83. The van der Waals surface area contributed by atoms with Crippen molar-refractivity contribution < 1.29 is 14.4 Å². The largest absolute Gasteiger partial charge is 0.363 e. The van der Waals surface area contributed by atoms with Crippen molar-refractivity contribution in [2.24, 2.45) is 11.7 Å². The third-order valence-corrected chi connectivity index (χ3v) is 4.17. The van der Waals surface area contributed by atoms with E-state index >= 15 is 0 Å². The van der Waals surface area contributed by atoms with Crippen LogP contribution in [0.25, 0.3) is 0 Å². The predicted molar refractivity (Wildman–Crippen MR) is 97.4 cm³/mol. The molecular formula is C20H22N2O4. The number of aromatic nitrogens is 1. The van der Waals surface area contributed by atoms with Crippen LogP contribution in [0.15, 0.2) is 59.5 Å². The number of rotatable bonds is 10. The molecule has 1 heterocycles. The van der Waals surface area contributed by atoms with E-state index in [9.17, 15) is 19.2 Å². The average molecular weight is 354 g/mol. The Balaban J connectivity index is 1.93. The van der Waals surface area contributed by atoms with Gasteiger partial charge in [0.1, 0.15) is 5.78 Å². The maximum atomic E-state index is 12.3. The fourth-order valence-corrected chi connectivity index (χ4v) is 2.83. The molecule has 0 aliphatic carbocycles. The van der Waals surface area contributed by atoms with Crippen LogP contribution < -0.4 is 11.3 Å². The molecular weight excluding hydrogens is 332 g/mol. The van der Waals surface area contributed by atoms with Crippen LogP contribution in [0.4, 0.5) is 0 Å². The van der Waals surface area contributed by atoms with Crippen LogP contribution in [0, 0.1) is 5.92 Å². The Labute approximate surface area is 151 Å². The Kier molecular flexibility index (Phi) is 7.02. The topological polar surface area (TPSA) is 99.2 Å². The summed E-state index contributed by atoms with van der Waals surface area (Å²) in [5.41, 5.74) is 5.87. The number of Topliss-reactive ketones (excluding diaryl/α,β-unsaturated/α-hetero) is 2. The highest BCUT2D eigenvalue weighted by Gasteiger charge is 2.25. The lowest BCUT2D eigenvalue weighted by atomic mass is 9.89. The number of hydrogen-bond donors (Lipinski definition) is 1. The SMILES string of the molecule is NC(=O)C(=O)C(CC(=O)CCCn1ccccc1=O)Cc1ccccc1. The van der Waals surface area contributed by atoms with Crippen molar-refractivity contribution in [2.75, 3.05) is 0 Å². The number of nitrogens with two attached hydrogens (primary N) is 1. The van der Waals surface area contributed by atoms with Gasteiger partial charge in [-0.05, 0) is 24.5 Å². The molecule has 6 nitrogen and oxygen atoms in total. The van der Waals surface area contributed by atoms with Gasteiger partial charge in [0.25, 0.3) is 5.91 Å². The molecule has 1 amide bonds. The molecule has 2 N–H and O–H groups in total. The molecule has 1 atom stereocenters. The first-order valence-electron chi connectivity index (χ1n) is 8.52. The fraction of sp³-hybridized carbons (Fsp3) is 0.300. The molecule has 2 rings (SSSR count). The maximum absolute atomic E-state index is 12.3. The Hall–Kier alpha value is -3.02. The van der Waals surface area contributed by atoms with Crippen LogP contribution >= 0.6 is 0 Å². The molecule has 0 saturated heterocycles. The van der Waals surface area contributed by atoms with Gasteiger partial charge in [-0.25, -0.2) is 0 Å². The van der Waals surface area contributed by atoms with Gasteiger partial charge in [0.2, 0.25) is 11.3 Å². The molecule has 0 saturated carbocycles. The molecule has 0 fully saturated rings. The number of ketones is 2. The Morgan fingerprint density at radius 1 is 1.00 bits per heavy atom. The van der Waals surface area contributed by atoms with Gasteiger partial charge in [0, 0.05) is 37.6 Å². The summed E-state index contributed by atoms with van der Waals surface area (Å²) in [4.78, 5) is 47.2. The monoisotopic (exact) mass is 354 g/mol. The zero-order valence-corrected chi connectivity index (χ0v) is 14.5. The first kappa shape index (κ1) is 19.3. The minimum absolute atomic E-state index is 0.0274. The molecule has 0 aliphatic rings. The van der Waals surface area contributed by atoms with Crippen LogP contribution in [0.3, 0.4) is 0 Å². The maximum Gasteiger partial charge on any atom is 0.285 e. The van der Waals surface area contributed by atoms with E-state index < -0.39 is 17.6 Å². The van der Waals surface area contributed by atoms with Crippen LogP contribution in [0.2, 0.25) is 0 Å². The number of nitrogens with zero attached hydrogens (tertiary/aromatic N) is 1. The number of carbonyl (C=O) groups excluding carboxylic acids is 3. The first-order valence-corrected chi connectivity index (χ1v) is 8.52. The third-order valence-electron chi connectivity index (χ3n) is 4.17. The zero-order chi connectivity index (χ0) is 18.9. The van der Waals surface area contributed by atoms with Crippen molar-refractivity contribution in [1.82, 2.24) is 4.57 Å². The summed E-state index contributed by atoms with van der Waals surface area (Å²) in [5.74, 6) is -2.61. The third kappa shape index (κ3) is 5.81. The number of pyridine rings is 1. The lowest BCUT2D eigenvalue weighted by Crippen LogP contribution is -2.32. The second-order valence-corrected chi connectivity index (χ2v) is 6.19. The second kappa shape index (κ2) is 9.46. The number of benzene rings is 1. The smallest absolute Gasteiger partial charge is 0.285 e. The van der Waals surface area contributed by atoms with E-state index in [0.717, 1.165) is 5.56 Å². The number of hydrogen-bond acceptors (Lipinski definition) is 4. The minimum atomic E-state index is -1.02. The minimum Gasteiger partial charge on any atom is -0.363 e. The predicted octanol–water partition coefficient (Wildman–Crippen LogP) is 1.50. The van der Waals surface area contributed by atoms with Gasteiger partial charge < -0.3 is 10.3 Å². The van der Waals surface area contributed by atoms with Crippen LogP contribution in [0.1, 0.15) is 24.8 Å². The summed E-state index contributed by atoms with van der Waals surface area (Å²) < 4.78 is 1.53. The molecule has 0 bridgehead atoms. The van der Waals surface area contributed by atoms with Crippen LogP contribution in [-0.4, -0.2) is 22.0 Å². The van der Waals surface area contributed by atoms with E-state index in [1.807, 2.05) is 30.3 Å². The van der Waals surface area contributed by atoms with Crippen LogP contribution in [0.5, 0.6) is 0 Å². The summed E-state index contributed by atoms with van der Waals surface area (Å²) in [5, 5.41) is 0. The van der Waals surface area contributed by atoms with Gasteiger partial charge in [-0.15, -0.1) is 0 Å². The number of carbonyl (C=O) groups is 3. The molecule has 2 aromatic rings. The van der Waals surface area contributed by atoms with Gasteiger partial charge in [-0.1, -0.05) is 36.4 Å². The number of amides is 1. The van der Waals surface area contributed by atoms with E-state index in [4.69, 9.17) is 5.73 Å². The molecule has 1 aromatic carbocycles. The van der Waals surface area contributed by atoms with E-state index in [1.165, 1.54) is 10.6 Å². The number of primary amides is 1. The molecule has 1 unspecified atom stereocenters. The summed E-state index contributed by atoms with van der Waals surface area (Å²) in [6, 6.07) is 14.1. The molecule has 1 aromatic heterocycles. The highest BCUT2D eigenvalue weighted by Crippen LogP contribution is 2.16. The summed E-state index contributed by atoms with van der Waals surface area (Å²) in [6.45, 7) is 0.429. The van der Waals surface area contributed by atoms with E-state index in [-0.39, 0.29) is 24.2 Å². The highest BCUT2D eigenvalue weighted by molar-refractivity contribution is 6.36. The highest BCUT2D eigenvalue weighted by atomic mass is 16.2. The van der Waals surface area contributed by atoms with E-state index in [0.29, 0.717) is 19.4 Å². The summed E-state index contributed by atoms with van der Waals surface area (Å²) in [7, 11) is 0. The summed E-state index contributed by atoms with van der Waals surface area (Å²) in [6.07, 6.45) is 2.67. The first-order chi connectivity index (χ1) is 12.5. The molecule has 0 spiro atoms. The van der Waals surface area contributed by atoms with Crippen molar-refractivity contribution in [1.29, 1.82) is 0 Å². The van der Waals surface area contributed by atoms with Gasteiger partial charge in [0.05, 0.1) is 0 Å². The quantitative estimate of drug-likeness (QED) is 0.654. The van der Waals surface area contributed by atoms with Crippen LogP contribution in [-0.2, 0) is 27.3 Å². The lowest BCUT2D eigenvalue weighted by molar-refractivity contribution is -0.139. The van der Waals surface area contributed by atoms with E-state index in [2.05, 4.69) is 0 Å². The standard InChI is InChI=1S/C20H22N2O4/c21-20(26)19(25)16(13-15-7-2-1-3-8-15)14-17(23)9-6-12-22-11-5-4-10-18(22)24/h1-5,7-8,10-11,16H,6,9,12-14H2,(H2,21,26). The molecule has 6 heteroatoms. The van der Waals surface area contributed by atoms with E-state index in [1.54, 1.807) is 18.3 Å². The molecule has 136 valence electrons. The molecule has 26 heavy (non-hydrogen) atoms. The van der Waals surface area contributed by atoms with Crippen molar-refractivity contribution in [3.05, 3.63) is 70.6 Å². The summed E-state index contributed by atoms with van der Waals surface area (Å²) >= 11 is 0. The van der Waals surface area contributed by atoms with Crippen molar-refractivity contribution in [2.45, 2.75) is 32.2 Å². The van der Waals surface area contributed by atoms with Gasteiger partial charge >= 0.3 is 0 Å². The lowest BCUT2D eigenvalue weighted by Gasteiger charge is -2.14. The Morgan fingerprint density at radius 2 is 1.69 bits per heavy atom. The van der Waals surface area contributed by atoms with Gasteiger partial charge in [-0.2, -0.15) is 0 Å². The normalized spacial score (nSPS) is 11.7. The number of aryl methyl sites for hydroxylation is 1.